The molecule has 0 spiro atoms. The lowest BCUT2D eigenvalue weighted by molar-refractivity contribution is 0.589. The average molecular weight is 381 g/mol. The highest BCUT2D eigenvalue weighted by molar-refractivity contribution is 7.91. The van der Waals surface area contributed by atoms with E-state index in [0.29, 0.717) is 9.79 Å². The Morgan fingerprint density at radius 3 is 2.30 bits per heavy atom. The third kappa shape index (κ3) is 3.11. The Hall–Kier alpha value is -2.37. The summed E-state index contributed by atoms with van der Waals surface area (Å²) in [6.07, 6.45) is 0. The van der Waals surface area contributed by atoms with Gasteiger partial charge in [0.25, 0.3) is 0 Å². The lowest BCUT2D eigenvalue weighted by Gasteiger charge is -2.31. The molecule has 4 rings (SSSR count). The molecule has 0 amide bonds. The lowest BCUT2D eigenvalue weighted by atomic mass is 10.00. The Balaban J connectivity index is 2.02. The summed E-state index contributed by atoms with van der Waals surface area (Å²) < 4.78 is 27.0. The molecule has 1 N–H and O–H groups in total. The second-order valence-corrected chi connectivity index (χ2v) is 8.98. The number of fused-ring (bicyclic) bond motifs is 1. The van der Waals surface area contributed by atoms with Crippen LogP contribution in [0.4, 0.5) is 5.69 Å². The van der Waals surface area contributed by atoms with Crippen molar-refractivity contribution in [1.82, 2.24) is 5.32 Å². The van der Waals surface area contributed by atoms with E-state index < -0.39 is 9.84 Å². The molecule has 0 radical (unpaired) electrons. The zero-order valence-corrected chi connectivity index (χ0v) is 16.5. The number of anilines is 1. The average Bonchev–Trinajstić information content (AvgIpc) is 2.69. The fraction of sp³-hybridized carbons (Fsp3) is 0.273. The van der Waals surface area contributed by atoms with Crippen molar-refractivity contribution in [2.24, 2.45) is 0 Å². The molecule has 0 bridgehead atoms. The number of hydrogen-bond acceptors (Lipinski definition) is 4. The van der Waals surface area contributed by atoms with Crippen LogP contribution in [0.25, 0.3) is 10.8 Å². The van der Waals surface area contributed by atoms with Gasteiger partial charge < -0.3 is 10.2 Å². The Kier molecular flexibility index (Phi) is 4.66. The van der Waals surface area contributed by atoms with Crippen LogP contribution in [0.3, 0.4) is 0 Å². The summed E-state index contributed by atoms with van der Waals surface area (Å²) in [6, 6.07) is 16.8. The zero-order chi connectivity index (χ0) is 19.0. The number of aryl methyl sites for hydroxylation is 2. The maximum Gasteiger partial charge on any atom is 0.207 e. The number of rotatable bonds is 3. The van der Waals surface area contributed by atoms with Gasteiger partial charge >= 0.3 is 0 Å². The molecule has 1 aliphatic heterocycles. The number of benzene rings is 3. The van der Waals surface area contributed by atoms with Gasteiger partial charge in [-0.2, -0.15) is 0 Å². The third-order valence-electron chi connectivity index (χ3n) is 5.27. The monoisotopic (exact) mass is 380 g/mol. The summed E-state index contributed by atoms with van der Waals surface area (Å²) in [7, 11) is -3.60. The van der Waals surface area contributed by atoms with Crippen molar-refractivity contribution in [3.63, 3.8) is 0 Å². The standard InChI is InChI=1S/C22H24N2O2S/c1-16-7-6-10-19-20(24-13-11-23-12-14-24)15-17(2)22(21(16)19)27(25,26)18-8-4-3-5-9-18/h3-10,15,23H,11-14H2,1-2H3. The fourth-order valence-corrected chi connectivity index (χ4v) is 5.73. The first-order valence-electron chi connectivity index (χ1n) is 9.29. The maximum absolute atomic E-state index is 13.5. The molecule has 0 saturated carbocycles. The van der Waals surface area contributed by atoms with E-state index in [-0.39, 0.29) is 0 Å². The molecule has 0 unspecified atom stereocenters. The molecule has 0 aromatic heterocycles. The fourth-order valence-electron chi connectivity index (χ4n) is 3.96. The van der Waals surface area contributed by atoms with Gasteiger partial charge in [0.15, 0.2) is 0 Å². The van der Waals surface area contributed by atoms with Crippen LogP contribution < -0.4 is 10.2 Å². The molecule has 3 aromatic carbocycles. The van der Waals surface area contributed by atoms with Crippen molar-refractivity contribution in [3.8, 4) is 0 Å². The molecule has 4 nitrogen and oxygen atoms in total. The molecular formula is C22H24N2O2S. The predicted molar refractivity (Wildman–Crippen MR) is 110 cm³/mol. The molecule has 27 heavy (non-hydrogen) atoms. The SMILES string of the molecule is Cc1cc(N2CCNCC2)c2cccc(C)c2c1S(=O)(=O)c1ccccc1. The highest BCUT2D eigenvalue weighted by atomic mass is 32.2. The minimum Gasteiger partial charge on any atom is -0.368 e. The van der Waals surface area contributed by atoms with Gasteiger partial charge in [0.05, 0.1) is 9.79 Å². The first kappa shape index (κ1) is 18.0. The molecular weight excluding hydrogens is 356 g/mol. The Bertz CT molecular complexity index is 1090. The summed E-state index contributed by atoms with van der Waals surface area (Å²) in [5.41, 5.74) is 2.91. The molecule has 5 heteroatoms. The number of hydrogen-bond donors (Lipinski definition) is 1. The zero-order valence-electron chi connectivity index (χ0n) is 15.7. The minimum absolute atomic E-state index is 0.340. The van der Waals surface area contributed by atoms with E-state index in [0.717, 1.165) is 53.8 Å². The Morgan fingerprint density at radius 2 is 1.59 bits per heavy atom. The topological polar surface area (TPSA) is 49.4 Å². The van der Waals surface area contributed by atoms with Crippen LogP contribution in [-0.2, 0) is 9.84 Å². The van der Waals surface area contributed by atoms with Gasteiger partial charge in [-0.15, -0.1) is 0 Å². The van der Waals surface area contributed by atoms with Crippen molar-refractivity contribution >= 4 is 26.3 Å². The molecule has 0 aliphatic carbocycles. The largest absolute Gasteiger partial charge is 0.368 e. The highest BCUT2D eigenvalue weighted by Crippen LogP contribution is 2.38. The Morgan fingerprint density at radius 1 is 0.889 bits per heavy atom. The van der Waals surface area contributed by atoms with E-state index in [9.17, 15) is 8.42 Å². The first-order chi connectivity index (χ1) is 13.0. The van der Waals surface area contributed by atoms with Gasteiger partial charge in [0, 0.05) is 42.6 Å². The van der Waals surface area contributed by atoms with Crippen molar-refractivity contribution in [2.45, 2.75) is 23.6 Å². The van der Waals surface area contributed by atoms with Crippen molar-refractivity contribution in [3.05, 3.63) is 65.7 Å². The summed E-state index contributed by atoms with van der Waals surface area (Å²) in [6.45, 7) is 7.63. The highest BCUT2D eigenvalue weighted by Gasteiger charge is 2.26. The lowest BCUT2D eigenvalue weighted by Crippen LogP contribution is -2.43. The van der Waals surface area contributed by atoms with E-state index in [1.54, 1.807) is 24.3 Å². The molecule has 140 valence electrons. The van der Waals surface area contributed by atoms with Crippen LogP contribution in [0.2, 0.25) is 0 Å². The van der Waals surface area contributed by atoms with Crippen LogP contribution in [0.15, 0.2) is 64.4 Å². The smallest absolute Gasteiger partial charge is 0.207 e. The number of nitrogens with zero attached hydrogens (tertiary/aromatic N) is 1. The van der Waals surface area contributed by atoms with Crippen LogP contribution >= 0.6 is 0 Å². The van der Waals surface area contributed by atoms with E-state index in [2.05, 4.69) is 10.2 Å². The predicted octanol–water partition coefficient (Wildman–Crippen LogP) is 3.70. The van der Waals surface area contributed by atoms with Crippen molar-refractivity contribution in [2.75, 3.05) is 31.1 Å². The molecule has 1 fully saturated rings. The Labute approximate surface area is 160 Å². The molecule has 1 aliphatic rings. The molecule has 0 atom stereocenters. The van der Waals surface area contributed by atoms with Crippen molar-refractivity contribution in [1.29, 1.82) is 0 Å². The van der Waals surface area contributed by atoms with E-state index >= 15 is 0 Å². The van der Waals surface area contributed by atoms with Gasteiger partial charge in [-0.3, -0.25) is 0 Å². The van der Waals surface area contributed by atoms with Gasteiger partial charge in [0.2, 0.25) is 9.84 Å². The summed E-state index contributed by atoms with van der Waals surface area (Å²) >= 11 is 0. The normalized spacial score (nSPS) is 15.3. The minimum atomic E-state index is -3.60. The van der Waals surface area contributed by atoms with E-state index in [1.807, 2.05) is 44.2 Å². The van der Waals surface area contributed by atoms with E-state index in [1.165, 1.54) is 0 Å². The number of nitrogens with one attached hydrogen (secondary N) is 1. The van der Waals surface area contributed by atoms with Crippen LogP contribution in [0.5, 0.6) is 0 Å². The maximum atomic E-state index is 13.5. The van der Waals surface area contributed by atoms with Crippen LogP contribution in [0.1, 0.15) is 11.1 Å². The summed E-state index contributed by atoms with van der Waals surface area (Å²) in [5, 5.41) is 5.23. The summed E-state index contributed by atoms with van der Waals surface area (Å²) in [5.74, 6) is 0. The van der Waals surface area contributed by atoms with Crippen molar-refractivity contribution < 1.29 is 8.42 Å². The van der Waals surface area contributed by atoms with E-state index in [4.69, 9.17) is 0 Å². The third-order valence-corrected chi connectivity index (χ3v) is 7.22. The van der Waals surface area contributed by atoms with Gasteiger partial charge in [-0.05, 0) is 43.2 Å². The second kappa shape index (κ2) is 6.98. The van der Waals surface area contributed by atoms with Gasteiger partial charge in [-0.1, -0.05) is 36.4 Å². The molecule has 1 heterocycles. The quantitative estimate of drug-likeness (QED) is 0.753. The number of sulfone groups is 1. The summed E-state index contributed by atoms with van der Waals surface area (Å²) in [4.78, 5) is 3.12. The first-order valence-corrected chi connectivity index (χ1v) is 10.8. The van der Waals surface area contributed by atoms with Crippen LogP contribution in [-0.4, -0.2) is 34.6 Å². The second-order valence-electron chi connectivity index (χ2n) is 7.09. The van der Waals surface area contributed by atoms with Gasteiger partial charge in [-0.25, -0.2) is 8.42 Å². The van der Waals surface area contributed by atoms with Gasteiger partial charge in [0.1, 0.15) is 0 Å². The molecule has 1 saturated heterocycles. The molecule has 3 aromatic rings. The van der Waals surface area contributed by atoms with Crippen LogP contribution in [0, 0.1) is 13.8 Å². The number of piperazine rings is 1.